The number of rotatable bonds is 2. The van der Waals surface area contributed by atoms with Crippen LogP contribution in [0.4, 0.5) is 5.69 Å². The first-order chi connectivity index (χ1) is 11.7. The number of quaternary nitrogens is 1. The average molecular weight is 321 g/mol. The standard InChI is InChI=1S/C19H16N2O3/c1-24-11-8-6-10(7-9-11)21-18(22)14-15(19(21)23)17-13-5-3-2-4-12(13)16(14)20-17/h2-9,14-17,20H,1H3/p+1/t14-,15+,16-,17+. The topological polar surface area (TPSA) is 63.2 Å². The van der Waals surface area contributed by atoms with Gasteiger partial charge in [-0.05, 0) is 24.3 Å². The molecule has 5 rings (SSSR count). The number of hydrogen-bond acceptors (Lipinski definition) is 3. The smallest absolute Gasteiger partial charge is 0.244 e. The summed E-state index contributed by atoms with van der Waals surface area (Å²) in [4.78, 5) is 27.4. The third-order valence-electron chi connectivity index (χ3n) is 5.63. The van der Waals surface area contributed by atoms with Gasteiger partial charge in [0.15, 0.2) is 0 Å². The number of nitrogens with two attached hydrogens (primary N) is 1. The molecule has 2 bridgehead atoms. The largest absolute Gasteiger partial charge is 0.497 e. The first kappa shape index (κ1) is 13.7. The number of hydrogen-bond donors (Lipinski definition) is 1. The quantitative estimate of drug-likeness (QED) is 0.845. The van der Waals surface area contributed by atoms with Crippen LogP contribution in [0, 0.1) is 11.8 Å². The predicted molar refractivity (Wildman–Crippen MR) is 86.3 cm³/mol. The van der Waals surface area contributed by atoms with E-state index in [1.807, 2.05) is 12.1 Å². The Balaban J connectivity index is 1.55. The second-order valence-corrected chi connectivity index (χ2v) is 6.63. The number of carbonyl (C=O) groups excluding carboxylic acids is 2. The van der Waals surface area contributed by atoms with Crippen LogP contribution in [0.1, 0.15) is 23.2 Å². The molecule has 5 nitrogen and oxygen atoms in total. The van der Waals surface area contributed by atoms with Crippen molar-refractivity contribution in [2.45, 2.75) is 12.1 Å². The molecule has 3 heterocycles. The summed E-state index contributed by atoms with van der Waals surface area (Å²) in [7, 11) is 1.59. The molecule has 3 aliphatic rings. The molecule has 0 aromatic heterocycles. The van der Waals surface area contributed by atoms with Gasteiger partial charge in [-0.25, -0.2) is 4.90 Å². The molecule has 2 aromatic carbocycles. The van der Waals surface area contributed by atoms with E-state index in [4.69, 9.17) is 4.74 Å². The molecule has 4 atom stereocenters. The Bertz CT molecular complexity index is 814. The van der Waals surface area contributed by atoms with Crippen molar-refractivity contribution < 1.29 is 19.6 Å². The number of amides is 2. The molecule has 0 saturated carbocycles. The van der Waals surface area contributed by atoms with Crippen molar-refractivity contribution in [1.82, 2.24) is 0 Å². The number of methoxy groups -OCH3 is 1. The van der Waals surface area contributed by atoms with E-state index in [2.05, 4.69) is 17.4 Å². The van der Waals surface area contributed by atoms with Gasteiger partial charge < -0.3 is 10.1 Å². The third kappa shape index (κ3) is 1.57. The van der Waals surface area contributed by atoms with Crippen LogP contribution in [0.5, 0.6) is 5.75 Å². The maximum Gasteiger partial charge on any atom is 0.244 e. The third-order valence-corrected chi connectivity index (χ3v) is 5.63. The van der Waals surface area contributed by atoms with E-state index < -0.39 is 0 Å². The van der Waals surface area contributed by atoms with Crippen LogP contribution >= 0.6 is 0 Å². The highest BCUT2D eigenvalue weighted by Crippen LogP contribution is 2.51. The Morgan fingerprint density at radius 2 is 1.42 bits per heavy atom. The van der Waals surface area contributed by atoms with Gasteiger partial charge in [0, 0.05) is 11.1 Å². The van der Waals surface area contributed by atoms with Crippen molar-refractivity contribution >= 4 is 17.5 Å². The molecule has 2 amide bonds. The Morgan fingerprint density at radius 1 is 0.875 bits per heavy atom. The fraction of sp³-hybridized carbons (Fsp3) is 0.263. The Morgan fingerprint density at radius 3 is 1.92 bits per heavy atom. The van der Waals surface area contributed by atoms with Crippen LogP contribution < -0.4 is 15.0 Å². The first-order valence-corrected chi connectivity index (χ1v) is 8.16. The van der Waals surface area contributed by atoms with E-state index >= 15 is 0 Å². The van der Waals surface area contributed by atoms with Crippen molar-refractivity contribution in [2.24, 2.45) is 11.8 Å². The maximum absolute atomic E-state index is 13.0. The summed E-state index contributed by atoms with van der Waals surface area (Å²) in [5.74, 6) is 0.0553. The first-order valence-electron chi connectivity index (χ1n) is 8.16. The van der Waals surface area contributed by atoms with Crippen LogP contribution in [0.25, 0.3) is 0 Å². The van der Waals surface area contributed by atoms with E-state index in [-0.39, 0.29) is 35.7 Å². The highest BCUT2D eigenvalue weighted by Gasteiger charge is 2.66. The maximum atomic E-state index is 13.0. The lowest BCUT2D eigenvalue weighted by Crippen LogP contribution is -2.81. The van der Waals surface area contributed by atoms with Gasteiger partial charge in [0.05, 0.1) is 12.8 Å². The lowest BCUT2D eigenvalue weighted by atomic mass is 9.77. The molecular formula is C19H17N2O3+. The molecule has 2 N–H and O–H groups in total. The van der Waals surface area contributed by atoms with Gasteiger partial charge in [-0.2, -0.15) is 0 Å². The molecule has 0 spiro atoms. The number of fused-ring (bicyclic) bond motifs is 8. The Kier molecular flexibility index (Phi) is 2.68. The van der Waals surface area contributed by atoms with Crippen LogP contribution in [0.3, 0.4) is 0 Å². The van der Waals surface area contributed by atoms with Crippen molar-refractivity contribution in [1.29, 1.82) is 0 Å². The summed E-state index contributed by atoms with van der Waals surface area (Å²) in [6.45, 7) is 0. The number of carbonyl (C=O) groups is 2. The fourth-order valence-electron chi connectivity index (χ4n) is 4.63. The van der Waals surface area contributed by atoms with Gasteiger partial charge >= 0.3 is 0 Å². The van der Waals surface area contributed by atoms with Gasteiger partial charge in [-0.15, -0.1) is 0 Å². The van der Waals surface area contributed by atoms with Crippen molar-refractivity contribution in [3.05, 3.63) is 59.7 Å². The normalized spacial score (nSPS) is 29.8. The monoisotopic (exact) mass is 321 g/mol. The van der Waals surface area contributed by atoms with Crippen molar-refractivity contribution in [2.75, 3.05) is 12.0 Å². The zero-order valence-corrected chi connectivity index (χ0v) is 13.2. The summed E-state index contributed by atoms with van der Waals surface area (Å²) in [6, 6.07) is 15.4. The van der Waals surface area contributed by atoms with Gasteiger partial charge in [0.2, 0.25) is 11.8 Å². The summed E-state index contributed by atoms with van der Waals surface area (Å²) in [5, 5.41) is 2.20. The molecule has 24 heavy (non-hydrogen) atoms. The number of imide groups is 1. The molecule has 0 unspecified atom stereocenters. The molecule has 5 heteroatoms. The summed E-state index contributed by atoms with van der Waals surface area (Å²) >= 11 is 0. The van der Waals surface area contributed by atoms with Crippen molar-refractivity contribution in [3.63, 3.8) is 0 Å². The number of benzene rings is 2. The minimum atomic E-state index is -0.250. The minimum Gasteiger partial charge on any atom is -0.497 e. The molecule has 2 saturated heterocycles. The molecule has 120 valence electrons. The lowest BCUT2D eigenvalue weighted by molar-refractivity contribution is -0.707. The molecular weight excluding hydrogens is 304 g/mol. The Hall–Kier alpha value is -2.66. The zero-order chi connectivity index (χ0) is 16.4. The molecule has 3 aliphatic heterocycles. The zero-order valence-electron chi connectivity index (χ0n) is 13.2. The van der Waals surface area contributed by atoms with Gasteiger partial charge in [-0.1, -0.05) is 24.3 Å². The lowest BCUT2D eigenvalue weighted by Gasteiger charge is -2.17. The van der Waals surface area contributed by atoms with Crippen LogP contribution in [-0.2, 0) is 9.59 Å². The second kappa shape index (κ2) is 4.68. The predicted octanol–water partition coefficient (Wildman–Crippen LogP) is 1.17. The SMILES string of the molecule is COc1ccc(N2C(=O)[C@@H]3[C@H](C2=O)[C@H]2[NH2+][C@@H]3c3ccccc32)cc1. The number of anilines is 1. The molecule has 0 radical (unpaired) electrons. The van der Waals surface area contributed by atoms with Crippen LogP contribution in [0.15, 0.2) is 48.5 Å². The van der Waals surface area contributed by atoms with Gasteiger partial charge in [-0.3, -0.25) is 9.59 Å². The van der Waals surface area contributed by atoms with Gasteiger partial charge in [0.1, 0.15) is 29.7 Å². The highest BCUT2D eigenvalue weighted by atomic mass is 16.5. The van der Waals surface area contributed by atoms with Crippen LogP contribution in [-0.4, -0.2) is 18.9 Å². The number of nitrogens with zero attached hydrogens (tertiary/aromatic N) is 1. The van der Waals surface area contributed by atoms with E-state index in [9.17, 15) is 9.59 Å². The van der Waals surface area contributed by atoms with Crippen molar-refractivity contribution in [3.8, 4) is 5.75 Å². The van der Waals surface area contributed by atoms with Crippen LogP contribution in [0.2, 0.25) is 0 Å². The van der Waals surface area contributed by atoms with E-state index in [0.29, 0.717) is 11.4 Å². The molecule has 0 aliphatic carbocycles. The summed E-state index contributed by atoms with van der Waals surface area (Å²) < 4.78 is 5.15. The highest BCUT2D eigenvalue weighted by molar-refractivity contribution is 6.22. The second-order valence-electron chi connectivity index (χ2n) is 6.63. The minimum absolute atomic E-state index is 0.0656. The Labute approximate surface area is 139 Å². The molecule has 2 aromatic rings. The van der Waals surface area contributed by atoms with E-state index in [1.54, 1.807) is 31.4 Å². The van der Waals surface area contributed by atoms with Gasteiger partial charge in [0.25, 0.3) is 0 Å². The fourth-order valence-corrected chi connectivity index (χ4v) is 4.63. The molecule has 2 fully saturated rings. The summed E-state index contributed by atoms with van der Waals surface area (Å²) in [6.07, 6.45) is 0. The van der Waals surface area contributed by atoms with E-state index in [1.165, 1.54) is 16.0 Å². The van der Waals surface area contributed by atoms with E-state index in [0.717, 1.165) is 0 Å². The average Bonchev–Trinajstić information content (AvgIpc) is 3.26. The number of ether oxygens (including phenoxy) is 1. The summed E-state index contributed by atoms with van der Waals surface area (Å²) in [5.41, 5.74) is 3.05.